The van der Waals surface area contributed by atoms with E-state index in [1.165, 1.54) is 29.3 Å². The monoisotopic (exact) mass is 306 g/mol. The van der Waals surface area contributed by atoms with Crippen LogP contribution in [0.3, 0.4) is 0 Å². The molecular weight excluding hydrogens is 284 g/mol. The molecule has 1 fully saturated rings. The number of methoxy groups -OCH3 is 1. The van der Waals surface area contributed by atoms with Crippen molar-refractivity contribution in [2.24, 2.45) is 0 Å². The minimum Gasteiger partial charge on any atom is -0.497 e. The van der Waals surface area contributed by atoms with Crippen molar-refractivity contribution in [3.8, 4) is 5.75 Å². The molecule has 3 rings (SSSR count). The van der Waals surface area contributed by atoms with Crippen molar-refractivity contribution in [1.82, 2.24) is 10.2 Å². The molecule has 4 heteroatoms. The Morgan fingerprint density at radius 2 is 1.95 bits per heavy atom. The van der Waals surface area contributed by atoms with Crippen molar-refractivity contribution in [3.63, 3.8) is 0 Å². The largest absolute Gasteiger partial charge is 0.497 e. The first-order valence-electron chi connectivity index (χ1n) is 7.25. The zero-order valence-corrected chi connectivity index (χ0v) is 13.5. The van der Waals surface area contributed by atoms with Crippen LogP contribution >= 0.6 is 12.4 Å². The van der Waals surface area contributed by atoms with Crippen LogP contribution in [0.5, 0.6) is 5.75 Å². The first kappa shape index (κ1) is 16.1. The van der Waals surface area contributed by atoms with Gasteiger partial charge in [0.1, 0.15) is 5.75 Å². The lowest BCUT2D eigenvalue weighted by Gasteiger charge is -2.16. The summed E-state index contributed by atoms with van der Waals surface area (Å²) in [5, 5.41) is 5.89. The Labute approximate surface area is 132 Å². The van der Waals surface area contributed by atoms with Crippen LogP contribution in [0.1, 0.15) is 12.0 Å². The normalized spacial score (nSPS) is 18.7. The van der Waals surface area contributed by atoms with Crippen LogP contribution in [-0.2, 0) is 6.54 Å². The molecule has 114 valence electrons. The van der Waals surface area contributed by atoms with Crippen LogP contribution in [0.4, 0.5) is 0 Å². The maximum Gasteiger partial charge on any atom is 0.119 e. The third-order valence-electron chi connectivity index (χ3n) is 4.20. The van der Waals surface area contributed by atoms with Gasteiger partial charge in [-0.3, -0.25) is 4.90 Å². The Morgan fingerprint density at radius 3 is 2.67 bits per heavy atom. The molecule has 0 amide bonds. The summed E-state index contributed by atoms with van der Waals surface area (Å²) in [6.45, 7) is 3.38. The van der Waals surface area contributed by atoms with Crippen molar-refractivity contribution in [2.75, 3.05) is 27.2 Å². The van der Waals surface area contributed by atoms with Gasteiger partial charge in [-0.2, -0.15) is 0 Å². The van der Waals surface area contributed by atoms with Gasteiger partial charge in [0, 0.05) is 25.7 Å². The summed E-state index contributed by atoms with van der Waals surface area (Å²) >= 11 is 0. The zero-order chi connectivity index (χ0) is 13.9. The highest BCUT2D eigenvalue weighted by molar-refractivity contribution is 5.85. The van der Waals surface area contributed by atoms with Gasteiger partial charge >= 0.3 is 0 Å². The van der Waals surface area contributed by atoms with Crippen LogP contribution in [0.15, 0.2) is 36.4 Å². The molecule has 0 saturated carbocycles. The second-order valence-corrected chi connectivity index (χ2v) is 5.56. The van der Waals surface area contributed by atoms with Crippen LogP contribution < -0.4 is 10.1 Å². The standard InChI is InChI=1S/C17H22N2O.ClH/c1-18-16-7-8-19(12-16)11-13-3-4-15-10-17(20-2)6-5-14(15)9-13;/h3-6,9-10,16,18H,7-8,11-12H2,1-2H3;1H. The molecule has 0 bridgehead atoms. The van der Waals surface area contributed by atoms with E-state index in [9.17, 15) is 0 Å². The van der Waals surface area contributed by atoms with Crippen LogP contribution in [0, 0.1) is 0 Å². The highest BCUT2D eigenvalue weighted by Crippen LogP contribution is 2.23. The van der Waals surface area contributed by atoms with Crippen molar-refractivity contribution in [2.45, 2.75) is 19.0 Å². The van der Waals surface area contributed by atoms with Gasteiger partial charge in [0.2, 0.25) is 0 Å². The van der Waals surface area contributed by atoms with Gasteiger partial charge in [-0.15, -0.1) is 12.4 Å². The summed E-state index contributed by atoms with van der Waals surface area (Å²) in [6, 6.07) is 13.6. The third kappa shape index (κ3) is 3.67. The topological polar surface area (TPSA) is 24.5 Å². The maximum atomic E-state index is 5.27. The average Bonchev–Trinajstić information content (AvgIpc) is 2.94. The molecule has 0 radical (unpaired) electrons. The lowest BCUT2D eigenvalue weighted by atomic mass is 10.1. The molecule has 3 nitrogen and oxygen atoms in total. The maximum absolute atomic E-state index is 5.27. The van der Waals surface area contributed by atoms with E-state index in [0.29, 0.717) is 6.04 Å². The lowest BCUT2D eigenvalue weighted by Crippen LogP contribution is -2.29. The molecular formula is C17H23ClN2O. The summed E-state index contributed by atoms with van der Waals surface area (Å²) in [7, 11) is 3.76. The number of likely N-dealkylation sites (N-methyl/N-ethyl adjacent to an activating group) is 1. The predicted molar refractivity (Wildman–Crippen MR) is 90.5 cm³/mol. The van der Waals surface area contributed by atoms with E-state index < -0.39 is 0 Å². The second-order valence-electron chi connectivity index (χ2n) is 5.56. The number of ether oxygens (including phenoxy) is 1. The third-order valence-corrected chi connectivity index (χ3v) is 4.20. The molecule has 2 aromatic rings. The molecule has 0 aromatic heterocycles. The SMILES string of the molecule is CNC1CCN(Cc2ccc3cc(OC)ccc3c2)C1.Cl. The van der Waals surface area contributed by atoms with Gasteiger partial charge in [-0.1, -0.05) is 18.2 Å². The summed E-state index contributed by atoms with van der Waals surface area (Å²) in [5.74, 6) is 0.918. The number of fused-ring (bicyclic) bond motifs is 1. The zero-order valence-electron chi connectivity index (χ0n) is 12.6. The molecule has 1 heterocycles. The molecule has 1 atom stereocenters. The molecule has 1 unspecified atom stereocenters. The first-order valence-corrected chi connectivity index (χ1v) is 7.25. The van der Waals surface area contributed by atoms with Crippen LogP contribution in [0.25, 0.3) is 10.8 Å². The lowest BCUT2D eigenvalue weighted by molar-refractivity contribution is 0.322. The Balaban J connectivity index is 0.00000161. The minimum absolute atomic E-state index is 0. The number of halogens is 1. The molecule has 21 heavy (non-hydrogen) atoms. The van der Waals surface area contributed by atoms with Crippen molar-refractivity contribution in [1.29, 1.82) is 0 Å². The second kappa shape index (κ2) is 7.12. The summed E-state index contributed by atoms with van der Waals surface area (Å²) in [6.07, 6.45) is 1.25. The Kier molecular flexibility index (Phi) is 5.45. The van der Waals surface area contributed by atoms with E-state index in [2.05, 4.69) is 47.6 Å². The quantitative estimate of drug-likeness (QED) is 0.939. The Morgan fingerprint density at radius 1 is 1.19 bits per heavy atom. The van der Waals surface area contributed by atoms with Gasteiger partial charge in [0.15, 0.2) is 0 Å². The van der Waals surface area contributed by atoms with Gasteiger partial charge in [0.05, 0.1) is 7.11 Å². The van der Waals surface area contributed by atoms with Crippen molar-refractivity contribution in [3.05, 3.63) is 42.0 Å². The average molecular weight is 307 g/mol. The van der Waals surface area contributed by atoms with E-state index in [-0.39, 0.29) is 12.4 Å². The number of nitrogens with zero attached hydrogens (tertiary/aromatic N) is 1. The fourth-order valence-corrected chi connectivity index (χ4v) is 2.97. The highest BCUT2D eigenvalue weighted by Gasteiger charge is 2.20. The number of rotatable bonds is 4. The van der Waals surface area contributed by atoms with E-state index in [1.807, 2.05) is 6.07 Å². The van der Waals surface area contributed by atoms with Gasteiger partial charge < -0.3 is 10.1 Å². The van der Waals surface area contributed by atoms with Gasteiger partial charge in [0.25, 0.3) is 0 Å². The van der Waals surface area contributed by atoms with E-state index >= 15 is 0 Å². The summed E-state index contributed by atoms with van der Waals surface area (Å²) in [5.41, 5.74) is 1.39. The number of benzene rings is 2. The van der Waals surface area contributed by atoms with E-state index in [1.54, 1.807) is 7.11 Å². The molecule has 1 aliphatic rings. The van der Waals surface area contributed by atoms with Crippen LogP contribution in [0.2, 0.25) is 0 Å². The van der Waals surface area contributed by atoms with Crippen molar-refractivity contribution >= 4 is 23.2 Å². The molecule has 2 aromatic carbocycles. The fourth-order valence-electron chi connectivity index (χ4n) is 2.97. The van der Waals surface area contributed by atoms with E-state index in [0.717, 1.165) is 18.8 Å². The smallest absolute Gasteiger partial charge is 0.119 e. The number of hydrogen-bond acceptors (Lipinski definition) is 3. The number of hydrogen-bond donors (Lipinski definition) is 1. The Bertz CT molecular complexity index is 602. The molecule has 1 aliphatic heterocycles. The summed E-state index contributed by atoms with van der Waals surface area (Å²) < 4.78 is 5.27. The minimum atomic E-state index is 0. The molecule has 1 N–H and O–H groups in total. The molecule has 1 saturated heterocycles. The van der Waals surface area contributed by atoms with Gasteiger partial charge in [-0.05, 0) is 48.0 Å². The number of likely N-dealkylation sites (tertiary alicyclic amines) is 1. The van der Waals surface area contributed by atoms with Gasteiger partial charge in [-0.25, -0.2) is 0 Å². The highest BCUT2D eigenvalue weighted by atomic mass is 35.5. The van der Waals surface area contributed by atoms with Crippen LogP contribution in [-0.4, -0.2) is 38.2 Å². The molecule has 0 aliphatic carbocycles. The predicted octanol–water partition coefficient (Wildman–Crippen LogP) is 3.06. The Hall–Kier alpha value is -1.29. The number of nitrogens with one attached hydrogen (secondary N) is 1. The summed E-state index contributed by atoms with van der Waals surface area (Å²) in [4.78, 5) is 2.52. The molecule has 0 spiro atoms. The first-order chi connectivity index (χ1) is 9.78. The fraction of sp³-hybridized carbons (Fsp3) is 0.412. The van der Waals surface area contributed by atoms with E-state index in [4.69, 9.17) is 4.74 Å². The van der Waals surface area contributed by atoms with Crippen molar-refractivity contribution < 1.29 is 4.74 Å².